The molecule has 5 nitrogen and oxygen atoms in total. The highest BCUT2D eigenvalue weighted by molar-refractivity contribution is 5.97. The Kier molecular flexibility index (Phi) is 6.71. The summed E-state index contributed by atoms with van der Waals surface area (Å²) in [4.78, 5) is 14.7. The van der Waals surface area contributed by atoms with E-state index in [1.54, 1.807) is 32.4 Å². The number of hydrogen-bond acceptors (Lipinski definition) is 4. The molecule has 0 saturated heterocycles. The van der Waals surface area contributed by atoms with Crippen LogP contribution in [-0.4, -0.2) is 51.2 Å². The number of amides is 1. The largest absolute Gasteiger partial charge is 0.497 e. The van der Waals surface area contributed by atoms with Gasteiger partial charge in [0.05, 0.1) is 19.8 Å². The summed E-state index contributed by atoms with van der Waals surface area (Å²) < 4.78 is 10.4. The van der Waals surface area contributed by atoms with Gasteiger partial charge < -0.3 is 19.7 Å². The lowest BCUT2D eigenvalue weighted by atomic mass is 9.94. The zero-order chi connectivity index (χ0) is 16.7. The molecule has 0 radical (unpaired) electrons. The Morgan fingerprint density at radius 2 is 1.96 bits per heavy atom. The van der Waals surface area contributed by atoms with Crippen LogP contribution in [0.2, 0.25) is 0 Å². The quantitative estimate of drug-likeness (QED) is 0.839. The lowest BCUT2D eigenvalue weighted by Gasteiger charge is -2.31. The fraction of sp³-hybridized carbons (Fsp3) is 0.611. The van der Waals surface area contributed by atoms with Gasteiger partial charge in [-0.15, -0.1) is 0 Å². The fourth-order valence-electron chi connectivity index (χ4n) is 3.14. The Morgan fingerprint density at radius 3 is 2.61 bits per heavy atom. The van der Waals surface area contributed by atoms with Crippen LogP contribution in [0, 0.1) is 0 Å². The first kappa shape index (κ1) is 17.6. The van der Waals surface area contributed by atoms with Crippen molar-refractivity contribution >= 4 is 5.91 Å². The van der Waals surface area contributed by atoms with E-state index in [0.29, 0.717) is 29.6 Å². The predicted molar refractivity (Wildman–Crippen MR) is 91.4 cm³/mol. The van der Waals surface area contributed by atoms with E-state index < -0.39 is 0 Å². The minimum Gasteiger partial charge on any atom is -0.497 e. The lowest BCUT2D eigenvalue weighted by Crippen LogP contribution is -2.39. The molecule has 0 heterocycles. The van der Waals surface area contributed by atoms with E-state index in [1.807, 2.05) is 0 Å². The van der Waals surface area contributed by atoms with Crippen LogP contribution in [0.5, 0.6) is 11.5 Å². The van der Waals surface area contributed by atoms with Crippen LogP contribution in [0.15, 0.2) is 18.2 Å². The van der Waals surface area contributed by atoms with Crippen molar-refractivity contribution < 1.29 is 14.3 Å². The summed E-state index contributed by atoms with van der Waals surface area (Å²) in [5.74, 6) is 1.08. The van der Waals surface area contributed by atoms with Crippen LogP contribution in [0.4, 0.5) is 0 Å². The molecule has 0 unspecified atom stereocenters. The number of ether oxygens (including phenoxy) is 2. The smallest absolute Gasteiger partial charge is 0.255 e. The third-order valence-electron chi connectivity index (χ3n) is 4.60. The Labute approximate surface area is 139 Å². The average molecular weight is 320 g/mol. The molecule has 0 bridgehead atoms. The van der Waals surface area contributed by atoms with E-state index in [9.17, 15) is 4.79 Å². The van der Waals surface area contributed by atoms with E-state index in [-0.39, 0.29) is 5.91 Å². The van der Waals surface area contributed by atoms with Gasteiger partial charge in [-0.3, -0.25) is 4.79 Å². The first-order chi connectivity index (χ1) is 11.2. The Morgan fingerprint density at radius 1 is 1.22 bits per heavy atom. The molecule has 0 aliphatic heterocycles. The molecule has 0 atom stereocenters. The highest BCUT2D eigenvalue weighted by Crippen LogP contribution is 2.24. The number of nitrogens with zero attached hydrogens (tertiary/aromatic N) is 1. The Hall–Kier alpha value is -1.75. The molecule has 1 N–H and O–H groups in total. The van der Waals surface area contributed by atoms with Gasteiger partial charge in [0.2, 0.25) is 0 Å². The van der Waals surface area contributed by atoms with Gasteiger partial charge >= 0.3 is 0 Å². The number of benzene rings is 1. The molecular formula is C18H28N2O3. The second kappa shape index (κ2) is 8.77. The highest BCUT2D eigenvalue weighted by atomic mass is 16.5. The topological polar surface area (TPSA) is 50.8 Å². The number of carbonyl (C=O) groups is 1. The van der Waals surface area contributed by atoms with E-state index in [1.165, 1.54) is 32.1 Å². The standard InChI is InChI=1S/C18H28N2O3/c1-20(14-7-5-4-6-8-14)12-11-19-18(21)16-13-15(22-2)9-10-17(16)23-3/h9-10,13-14H,4-8,11-12H2,1-3H3,(H,19,21). The van der Waals surface area contributed by atoms with E-state index in [2.05, 4.69) is 17.3 Å². The maximum absolute atomic E-state index is 12.4. The maximum Gasteiger partial charge on any atom is 0.255 e. The first-order valence-electron chi connectivity index (χ1n) is 8.36. The van der Waals surface area contributed by atoms with Crippen LogP contribution >= 0.6 is 0 Å². The van der Waals surface area contributed by atoms with Crippen LogP contribution in [0.1, 0.15) is 42.5 Å². The van der Waals surface area contributed by atoms with Gasteiger partial charge in [0.1, 0.15) is 11.5 Å². The zero-order valence-corrected chi connectivity index (χ0v) is 14.4. The molecule has 0 spiro atoms. The number of rotatable bonds is 7. The van der Waals surface area contributed by atoms with Crippen molar-refractivity contribution in [2.75, 3.05) is 34.4 Å². The fourth-order valence-corrected chi connectivity index (χ4v) is 3.14. The number of hydrogen-bond donors (Lipinski definition) is 1. The molecule has 1 aromatic carbocycles. The molecule has 128 valence electrons. The van der Waals surface area contributed by atoms with E-state index in [0.717, 1.165) is 6.54 Å². The molecule has 0 aromatic heterocycles. The van der Waals surface area contributed by atoms with Crippen molar-refractivity contribution in [3.05, 3.63) is 23.8 Å². The molecule has 1 aliphatic rings. The molecule has 1 aromatic rings. The van der Waals surface area contributed by atoms with Crippen molar-refractivity contribution in [2.24, 2.45) is 0 Å². The molecule has 1 saturated carbocycles. The summed E-state index contributed by atoms with van der Waals surface area (Å²) in [6, 6.07) is 5.90. The monoisotopic (exact) mass is 320 g/mol. The maximum atomic E-state index is 12.4. The Bertz CT molecular complexity index is 513. The van der Waals surface area contributed by atoms with Crippen molar-refractivity contribution in [1.29, 1.82) is 0 Å². The molecule has 5 heteroatoms. The molecule has 1 fully saturated rings. The predicted octanol–water partition coefficient (Wildman–Crippen LogP) is 2.70. The van der Waals surface area contributed by atoms with Crippen LogP contribution in [0.3, 0.4) is 0 Å². The summed E-state index contributed by atoms with van der Waals surface area (Å²) >= 11 is 0. The minimum absolute atomic E-state index is 0.127. The Balaban J connectivity index is 1.86. The molecule has 2 rings (SSSR count). The molecule has 23 heavy (non-hydrogen) atoms. The normalized spacial score (nSPS) is 15.5. The van der Waals surface area contributed by atoms with Gasteiger partial charge in [0, 0.05) is 19.1 Å². The van der Waals surface area contributed by atoms with Gasteiger partial charge in [0.25, 0.3) is 5.91 Å². The van der Waals surface area contributed by atoms with Gasteiger partial charge in [-0.2, -0.15) is 0 Å². The van der Waals surface area contributed by atoms with Gasteiger partial charge in [0.15, 0.2) is 0 Å². The molecule has 1 aliphatic carbocycles. The second-order valence-corrected chi connectivity index (χ2v) is 6.09. The van der Waals surface area contributed by atoms with E-state index in [4.69, 9.17) is 9.47 Å². The summed E-state index contributed by atoms with van der Waals surface area (Å²) in [7, 11) is 5.30. The van der Waals surface area contributed by atoms with Crippen molar-refractivity contribution in [3.63, 3.8) is 0 Å². The number of methoxy groups -OCH3 is 2. The highest BCUT2D eigenvalue weighted by Gasteiger charge is 2.18. The average Bonchev–Trinajstić information content (AvgIpc) is 2.61. The van der Waals surface area contributed by atoms with Crippen molar-refractivity contribution in [2.45, 2.75) is 38.1 Å². The second-order valence-electron chi connectivity index (χ2n) is 6.09. The summed E-state index contributed by atoms with van der Waals surface area (Å²) in [6.45, 7) is 1.49. The summed E-state index contributed by atoms with van der Waals surface area (Å²) in [5, 5.41) is 2.98. The van der Waals surface area contributed by atoms with Gasteiger partial charge in [-0.25, -0.2) is 0 Å². The number of likely N-dealkylation sites (N-methyl/N-ethyl adjacent to an activating group) is 1. The third-order valence-corrected chi connectivity index (χ3v) is 4.60. The molecule has 1 amide bonds. The van der Waals surface area contributed by atoms with Crippen LogP contribution in [-0.2, 0) is 0 Å². The minimum atomic E-state index is -0.127. The number of nitrogens with one attached hydrogen (secondary N) is 1. The SMILES string of the molecule is COc1ccc(OC)c(C(=O)NCCN(C)C2CCCCC2)c1. The van der Waals surface area contributed by atoms with Crippen molar-refractivity contribution in [1.82, 2.24) is 10.2 Å². The molecular weight excluding hydrogens is 292 g/mol. The van der Waals surface area contributed by atoms with Crippen LogP contribution in [0.25, 0.3) is 0 Å². The summed E-state index contributed by atoms with van der Waals surface area (Å²) in [6.07, 6.45) is 6.55. The van der Waals surface area contributed by atoms with Gasteiger partial charge in [-0.1, -0.05) is 19.3 Å². The lowest BCUT2D eigenvalue weighted by molar-refractivity contribution is 0.0941. The third kappa shape index (κ3) is 4.86. The number of carbonyl (C=O) groups excluding carboxylic acids is 1. The van der Waals surface area contributed by atoms with E-state index >= 15 is 0 Å². The van der Waals surface area contributed by atoms with Crippen molar-refractivity contribution in [3.8, 4) is 11.5 Å². The summed E-state index contributed by atoms with van der Waals surface area (Å²) in [5.41, 5.74) is 0.507. The van der Waals surface area contributed by atoms with Gasteiger partial charge in [-0.05, 0) is 38.1 Å². The van der Waals surface area contributed by atoms with Crippen LogP contribution < -0.4 is 14.8 Å². The zero-order valence-electron chi connectivity index (χ0n) is 14.4. The first-order valence-corrected chi connectivity index (χ1v) is 8.36.